The van der Waals surface area contributed by atoms with E-state index in [2.05, 4.69) is 5.16 Å². The van der Waals surface area contributed by atoms with Gasteiger partial charge in [0.25, 0.3) is 11.5 Å². The number of nitrogens with zero attached hydrogens (tertiary/aromatic N) is 1. The predicted octanol–water partition coefficient (Wildman–Crippen LogP) is 5.70. The molecule has 0 bridgehead atoms. The van der Waals surface area contributed by atoms with Crippen LogP contribution in [0.15, 0.2) is 23.4 Å². The van der Waals surface area contributed by atoms with Gasteiger partial charge in [-0.3, -0.25) is 4.79 Å². The molecule has 27 heavy (non-hydrogen) atoms. The van der Waals surface area contributed by atoms with Gasteiger partial charge in [-0.25, -0.2) is 0 Å². The Morgan fingerprint density at radius 3 is 2.33 bits per heavy atom. The minimum absolute atomic E-state index is 0.0371. The summed E-state index contributed by atoms with van der Waals surface area (Å²) in [5, 5.41) is 3.30. The number of primary amides is 1. The van der Waals surface area contributed by atoms with Gasteiger partial charge in [0.05, 0.1) is 31.2 Å². The van der Waals surface area contributed by atoms with E-state index in [1.54, 1.807) is 13.0 Å². The molecule has 1 atom stereocenters. The lowest BCUT2D eigenvalue weighted by atomic mass is 9.88. The minimum Gasteiger partial charge on any atom is -0.374 e. The van der Waals surface area contributed by atoms with Gasteiger partial charge in [0, 0.05) is 5.56 Å². The first-order chi connectivity index (χ1) is 12.5. The number of carbonyl (C=O) groups is 1. The Morgan fingerprint density at radius 1 is 1.26 bits per heavy atom. The van der Waals surface area contributed by atoms with E-state index in [1.807, 2.05) is 0 Å². The highest BCUT2D eigenvalue weighted by atomic mass is 35.5. The Labute approximate surface area is 170 Å². The van der Waals surface area contributed by atoms with E-state index in [0.29, 0.717) is 10.4 Å². The Hall–Kier alpha value is -1.48. The largest absolute Gasteiger partial charge is 0.435 e. The molecule has 1 amide bonds. The van der Waals surface area contributed by atoms with Crippen LogP contribution in [-0.4, -0.2) is 17.8 Å². The first-order valence-electron chi connectivity index (χ1n) is 7.33. The number of nitrogens with two attached hydrogens (primary N) is 1. The first kappa shape index (κ1) is 20.3. The number of hydrogen-bond acceptors (Lipinski definition) is 4. The maximum absolute atomic E-state index is 14.0. The number of thiophene rings is 1. The third-order valence-electron chi connectivity index (χ3n) is 4.06. The smallest absolute Gasteiger partial charge is 0.374 e. The minimum atomic E-state index is -4.82. The zero-order valence-electron chi connectivity index (χ0n) is 13.5. The van der Waals surface area contributed by atoms with E-state index in [1.165, 1.54) is 0 Å². The Kier molecular flexibility index (Phi) is 5.14. The Bertz CT molecular complexity index is 951. The van der Waals surface area contributed by atoms with Crippen molar-refractivity contribution >= 4 is 57.8 Å². The van der Waals surface area contributed by atoms with Crippen molar-refractivity contribution in [2.45, 2.75) is 25.1 Å². The fraction of sp³-hybridized carbons (Fsp3) is 0.250. The maximum Gasteiger partial charge on any atom is 0.435 e. The SMILES string of the molecule is Cc1cc(C2=NOC(c3cc(Cl)c(Cl)c(Cl)c3)(C(F)(F)F)C2)sc1C(N)=O. The number of carbonyl (C=O) groups excluding carboxylic acids is 1. The van der Waals surface area contributed by atoms with E-state index in [-0.39, 0.29) is 31.2 Å². The third-order valence-corrected chi connectivity index (χ3v) is 6.56. The van der Waals surface area contributed by atoms with Crippen molar-refractivity contribution in [1.82, 2.24) is 0 Å². The van der Waals surface area contributed by atoms with Crippen molar-refractivity contribution in [1.29, 1.82) is 0 Å². The van der Waals surface area contributed by atoms with Gasteiger partial charge < -0.3 is 10.6 Å². The van der Waals surface area contributed by atoms with Crippen molar-refractivity contribution in [3.05, 3.63) is 54.1 Å². The summed E-state index contributed by atoms with van der Waals surface area (Å²) in [5.41, 5.74) is 2.76. The molecular weight excluding hydrogens is 448 g/mol. The number of oxime groups is 1. The van der Waals surface area contributed by atoms with Crippen molar-refractivity contribution < 1.29 is 22.8 Å². The van der Waals surface area contributed by atoms with Gasteiger partial charge in [-0.15, -0.1) is 11.3 Å². The van der Waals surface area contributed by atoms with Crippen LogP contribution in [0.2, 0.25) is 15.1 Å². The lowest BCUT2D eigenvalue weighted by Gasteiger charge is -2.29. The molecule has 0 radical (unpaired) electrons. The van der Waals surface area contributed by atoms with Crippen LogP contribution in [0.5, 0.6) is 0 Å². The van der Waals surface area contributed by atoms with Gasteiger partial charge in [0.15, 0.2) is 0 Å². The molecule has 0 spiro atoms. The number of amides is 1. The summed E-state index contributed by atoms with van der Waals surface area (Å²) in [5.74, 6) is -0.665. The normalized spacial score (nSPS) is 19.7. The van der Waals surface area contributed by atoms with Gasteiger partial charge in [-0.1, -0.05) is 40.0 Å². The highest BCUT2D eigenvalue weighted by molar-refractivity contribution is 7.16. The van der Waals surface area contributed by atoms with E-state index < -0.39 is 24.1 Å². The Morgan fingerprint density at radius 2 is 1.85 bits per heavy atom. The number of halogens is 6. The number of rotatable bonds is 3. The summed E-state index contributed by atoms with van der Waals surface area (Å²) in [7, 11) is 0. The predicted molar refractivity (Wildman–Crippen MR) is 99.0 cm³/mol. The van der Waals surface area contributed by atoms with Crippen LogP contribution in [-0.2, 0) is 10.4 Å². The van der Waals surface area contributed by atoms with Crippen LogP contribution in [0, 0.1) is 6.92 Å². The number of benzene rings is 1. The monoisotopic (exact) mass is 456 g/mol. The molecule has 0 saturated heterocycles. The van der Waals surface area contributed by atoms with Crippen molar-refractivity contribution in [2.75, 3.05) is 0 Å². The molecule has 0 fully saturated rings. The van der Waals surface area contributed by atoms with E-state index in [9.17, 15) is 18.0 Å². The van der Waals surface area contributed by atoms with Crippen LogP contribution < -0.4 is 5.73 Å². The topological polar surface area (TPSA) is 64.7 Å². The second-order valence-corrected chi connectivity index (χ2v) is 8.12. The van der Waals surface area contributed by atoms with E-state index >= 15 is 0 Å². The molecule has 2 heterocycles. The molecule has 2 aromatic rings. The average Bonchev–Trinajstić information content (AvgIpc) is 3.16. The van der Waals surface area contributed by atoms with Gasteiger partial charge in [-0.2, -0.15) is 13.2 Å². The van der Waals surface area contributed by atoms with Gasteiger partial charge in [0.1, 0.15) is 5.71 Å². The number of hydrogen-bond donors (Lipinski definition) is 1. The van der Waals surface area contributed by atoms with Crippen LogP contribution in [0.3, 0.4) is 0 Å². The van der Waals surface area contributed by atoms with Gasteiger partial charge in [-0.05, 0) is 30.7 Å². The van der Waals surface area contributed by atoms with Crippen molar-refractivity contribution in [3.63, 3.8) is 0 Å². The van der Waals surface area contributed by atoms with Crippen molar-refractivity contribution in [2.24, 2.45) is 10.9 Å². The van der Waals surface area contributed by atoms with Crippen LogP contribution in [0.25, 0.3) is 0 Å². The molecule has 2 N–H and O–H groups in total. The summed E-state index contributed by atoms with van der Waals surface area (Å²) < 4.78 is 41.9. The van der Waals surface area contributed by atoms with Gasteiger partial charge >= 0.3 is 6.18 Å². The molecular formula is C16H10Cl3F3N2O2S. The zero-order valence-corrected chi connectivity index (χ0v) is 16.5. The summed E-state index contributed by atoms with van der Waals surface area (Å²) >= 11 is 18.6. The van der Waals surface area contributed by atoms with Crippen molar-refractivity contribution in [3.8, 4) is 0 Å². The summed E-state index contributed by atoms with van der Waals surface area (Å²) in [6.45, 7) is 1.63. The average molecular weight is 458 g/mol. The maximum atomic E-state index is 14.0. The molecule has 1 unspecified atom stereocenters. The highest BCUT2D eigenvalue weighted by Gasteiger charge is 2.62. The van der Waals surface area contributed by atoms with Crippen LogP contribution >= 0.6 is 46.1 Å². The summed E-state index contributed by atoms with van der Waals surface area (Å²) in [4.78, 5) is 16.9. The molecule has 3 rings (SSSR count). The highest BCUT2D eigenvalue weighted by Crippen LogP contribution is 2.51. The number of aryl methyl sites for hydroxylation is 1. The number of alkyl halides is 3. The first-order valence-corrected chi connectivity index (χ1v) is 9.28. The Balaban J connectivity index is 2.06. The molecule has 1 aliphatic rings. The van der Waals surface area contributed by atoms with E-state index in [0.717, 1.165) is 23.5 Å². The van der Waals surface area contributed by atoms with Crippen LogP contribution in [0.1, 0.15) is 32.1 Å². The molecule has 0 saturated carbocycles. The lowest BCUT2D eigenvalue weighted by molar-refractivity contribution is -0.275. The molecule has 144 valence electrons. The fourth-order valence-corrected chi connectivity index (χ4v) is 4.29. The van der Waals surface area contributed by atoms with Gasteiger partial charge in [0.2, 0.25) is 0 Å². The second-order valence-electron chi connectivity index (χ2n) is 5.87. The standard InChI is InChI=1S/C16H10Cl3F3N2O2S/c1-6-2-11(27-13(6)14(23)25)10-5-15(26-24-10,16(20,21)22)7-3-8(17)12(19)9(18)4-7/h2-4H,5H2,1H3,(H2,23,25). The zero-order chi connectivity index (χ0) is 20.1. The quantitative estimate of drug-likeness (QED) is 0.601. The molecule has 1 aromatic carbocycles. The second kappa shape index (κ2) is 6.84. The van der Waals surface area contributed by atoms with E-state index in [4.69, 9.17) is 45.4 Å². The third kappa shape index (κ3) is 3.40. The summed E-state index contributed by atoms with van der Waals surface area (Å²) in [6.07, 6.45) is -5.44. The fourth-order valence-electron chi connectivity index (χ4n) is 2.69. The molecule has 0 aliphatic carbocycles. The van der Waals surface area contributed by atoms with Crippen LogP contribution in [0.4, 0.5) is 13.2 Å². The summed E-state index contributed by atoms with van der Waals surface area (Å²) in [6, 6.07) is 3.65. The molecule has 1 aliphatic heterocycles. The molecule has 4 nitrogen and oxygen atoms in total. The molecule has 11 heteroatoms. The lowest BCUT2D eigenvalue weighted by Crippen LogP contribution is -2.42. The molecule has 1 aromatic heterocycles.